The fourth-order valence-electron chi connectivity index (χ4n) is 1.05. The summed E-state index contributed by atoms with van der Waals surface area (Å²) in [5, 5.41) is 21.2. The van der Waals surface area contributed by atoms with Gasteiger partial charge in [-0.3, -0.25) is 0 Å². The van der Waals surface area contributed by atoms with Gasteiger partial charge in [0.25, 0.3) is 0 Å². The third kappa shape index (κ3) is 3.29. The Bertz CT molecular complexity index is 304. The van der Waals surface area contributed by atoms with Gasteiger partial charge in [0, 0.05) is 17.1 Å². The van der Waals surface area contributed by atoms with Crippen molar-refractivity contribution in [1.29, 1.82) is 0 Å². The maximum absolute atomic E-state index is 9.26. The normalized spacial score (nSPS) is 12.8. The maximum Gasteiger partial charge on any atom is 0.115 e. The minimum Gasteiger partial charge on any atom is -0.508 e. The lowest BCUT2D eigenvalue weighted by molar-refractivity contribution is 0.251. The molecule has 3 nitrogen and oxygen atoms in total. The average Bonchev–Trinajstić information content (AvgIpc) is 2.19. The molecular formula is C10H14BrNO2. The standard InChI is InChI=1S/C10H14BrNO2/c1-7(6-13)12-5-8-4-9(14)2-3-10(8)11/h2-4,7,12-14H,5-6H2,1H3/t7-/m1/s1. The Balaban J connectivity index is 2.62. The van der Waals surface area contributed by atoms with E-state index in [9.17, 15) is 5.11 Å². The lowest BCUT2D eigenvalue weighted by atomic mass is 10.2. The van der Waals surface area contributed by atoms with E-state index in [1.165, 1.54) is 0 Å². The summed E-state index contributed by atoms with van der Waals surface area (Å²) in [6, 6.07) is 5.18. The number of hydrogen-bond donors (Lipinski definition) is 3. The number of halogens is 1. The van der Waals surface area contributed by atoms with Crippen LogP contribution in [0.3, 0.4) is 0 Å². The number of aromatic hydroxyl groups is 1. The molecule has 0 fully saturated rings. The molecular weight excluding hydrogens is 246 g/mol. The number of rotatable bonds is 4. The fraction of sp³-hybridized carbons (Fsp3) is 0.400. The predicted octanol–water partition coefficient (Wildman–Crippen LogP) is 1.63. The molecule has 1 atom stereocenters. The second-order valence-electron chi connectivity index (χ2n) is 3.24. The van der Waals surface area contributed by atoms with Crippen LogP contribution in [0.4, 0.5) is 0 Å². The first kappa shape index (κ1) is 11.5. The Morgan fingerprint density at radius 2 is 2.21 bits per heavy atom. The second-order valence-corrected chi connectivity index (χ2v) is 4.09. The van der Waals surface area contributed by atoms with Crippen molar-refractivity contribution >= 4 is 15.9 Å². The van der Waals surface area contributed by atoms with Crippen LogP contribution in [-0.2, 0) is 6.54 Å². The van der Waals surface area contributed by atoms with Gasteiger partial charge in [-0.15, -0.1) is 0 Å². The summed E-state index contributed by atoms with van der Waals surface area (Å²) in [4.78, 5) is 0. The van der Waals surface area contributed by atoms with E-state index in [1.54, 1.807) is 18.2 Å². The van der Waals surface area contributed by atoms with Crippen LogP contribution in [0.5, 0.6) is 5.75 Å². The number of aliphatic hydroxyl groups is 1. The van der Waals surface area contributed by atoms with E-state index in [0.717, 1.165) is 10.0 Å². The largest absolute Gasteiger partial charge is 0.508 e. The summed E-state index contributed by atoms with van der Waals surface area (Å²) in [6.07, 6.45) is 0. The monoisotopic (exact) mass is 259 g/mol. The van der Waals surface area contributed by atoms with Crippen molar-refractivity contribution in [2.45, 2.75) is 19.5 Å². The zero-order valence-electron chi connectivity index (χ0n) is 8.00. The van der Waals surface area contributed by atoms with Crippen molar-refractivity contribution in [3.05, 3.63) is 28.2 Å². The molecule has 3 N–H and O–H groups in total. The minimum absolute atomic E-state index is 0.0595. The molecule has 0 radical (unpaired) electrons. The van der Waals surface area contributed by atoms with Crippen LogP contribution in [0, 0.1) is 0 Å². The van der Waals surface area contributed by atoms with E-state index >= 15 is 0 Å². The maximum atomic E-state index is 9.26. The van der Waals surface area contributed by atoms with Gasteiger partial charge >= 0.3 is 0 Å². The smallest absolute Gasteiger partial charge is 0.115 e. The van der Waals surface area contributed by atoms with E-state index in [2.05, 4.69) is 21.2 Å². The van der Waals surface area contributed by atoms with Crippen molar-refractivity contribution in [3.8, 4) is 5.75 Å². The Kier molecular flexibility index (Phi) is 4.38. The summed E-state index contributed by atoms with van der Waals surface area (Å²) in [5.74, 6) is 0.252. The van der Waals surface area contributed by atoms with Gasteiger partial charge in [0.15, 0.2) is 0 Å². The van der Waals surface area contributed by atoms with Crippen molar-refractivity contribution in [2.24, 2.45) is 0 Å². The first-order valence-corrected chi connectivity index (χ1v) is 5.24. The number of aliphatic hydroxyl groups excluding tert-OH is 1. The molecule has 4 heteroatoms. The summed E-state index contributed by atoms with van der Waals surface area (Å²) < 4.78 is 0.952. The molecule has 0 saturated heterocycles. The van der Waals surface area contributed by atoms with Gasteiger partial charge in [-0.2, -0.15) is 0 Å². The summed E-state index contributed by atoms with van der Waals surface area (Å²) in [5.41, 5.74) is 0.977. The molecule has 0 heterocycles. The first-order chi connectivity index (χ1) is 6.63. The molecule has 78 valence electrons. The van der Waals surface area contributed by atoms with Crippen LogP contribution >= 0.6 is 15.9 Å². The number of phenols is 1. The Morgan fingerprint density at radius 3 is 2.86 bits per heavy atom. The molecule has 1 rings (SSSR count). The van der Waals surface area contributed by atoms with Gasteiger partial charge in [0.05, 0.1) is 6.61 Å². The third-order valence-electron chi connectivity index (χ3n) is 1.94. The van der Waals surface area contributed by atoms with Crippen molar-refractivity contribution in [2.75, 3.05) is 6.61 Å². The highest BCUT2D eigenvalue weighted by molar-refractivity contribution is 9.10. The van der Waals surface area contributed by atoms with Gasteiger partial charge in [-0.05, 0) is 30.7 Å². The van der Waals surface area contributed by atoms with E-state index in [4.69, 9.17) is 5.11 Å². The highest BCUT2D eigenvalue weighted by Gasteiger charge is 2.03. The van der Waals surface area contributed by atoms with Crippen LogP contribution in [0.1, 0.15) is 12.5 Å². The van der Waals surface area contributed by atoms with Crippen molar-refractivity contribution in [3.63, 3.8) is 0 Å². The van der Waals surface area contributed by atoms with Crippen LogP contribution in [0.25, 0.3) is 0 Å². The van der Waals surface area contributed by atoms with Crippen molar-refractivity contribution < 1.29 is 10.2 Å². The molecule has 1 aromatic carbocycles. The molecule has 0 aliphatic carbocycles. The fourth-order valence-corrected chi connectivity index (χ4v) is 1.43. The molecule has 0 unspecified atom stereocenters. The van der Waals surface area contributed by atoms with Gasteiger partial charge in [-0.1, -0.05) is 15.9 Å². The Hall–Kier alpha value is -0.580. The second kappa shape index (κ2) is 5.34. The van der Waals surface area contributed by atoms with E-state index < -0.39 is 0 Å². The lowest BCUT2D eigenvalue weighted by Gasteiger charge is -2.11. The first-order valence-electron chi connectivity index (χ1n) is 4.45. The average molecular weight is 260 g/mol. The minimum atomic E-state index is 0.0595. The molecule has 0 saturated carbocycles. The SMILES string of the molecule is C[C@H](CO)NCc1cc(O)ccc1Br. The molecule has 0 aromatic heterocycles. The number of phenolic OH excluding ortho intramolecular Hbond substituents is 1. The topological polar surface area (TPSA) is 52.5 Å². The summed E-state index contributed by atoms with van der Waals surface area (Å²) in [7, 11) is 0. The molecule has 0 spiro atoms. The summed E-state index contributed by atoms with van der Waals surface area (Å²) in [6.45, 7) is 2.63. The third-order valence-corrected chi connectivity index (χ3v) is 2.72. The van der Waals surface area contributed by atoms with Crippen LogP contribution in [-0.4, -0.2) is 22.9 Å². The van der Waals surface area contributed by atoms with Gasteiger partial charge in [0.1, 0.15) is 5.75 Å². The zero-order valence-corrected chi connectivity index (χ0v) is 9.58. The van der Waals surface area contributed by atoms with Crippen LogP contribution < -0.4 is 5.32 Å². The summed E-state index contributed by atoms with van der Waals surface area (Å²) >= 11 is 3.39. The highest BCUT2D eigenvalue weighted by atomic mass is 79.9. The molecule has 1 aromatic rings. The van der Waals surface area contributed by atoms with E-state index in [0.29, 0.717) is 6.54 Å². The Labute approximate surface area is 91.9 Å². The molecule has 0 bridgehead atoms. The van der Waals surface area contributed by atoms with E-state index in [-0.39, 0.29) is 18.4 Å². The predicted molar refractivity (Wildman–Crippen MR) is 59.2 cm³/mol. The van der Waals surface area contributed by atoms with Gasteiger partial charge < -0.3 is 15.5 Å². The lowest BCUT2D eigenvalue weighted by Crippen LogP contribution is -2.28. The molecule has 0 aliphatic rings. The van der Waals surface area contributed by atoms with Gasteiger partial charge in [-0.25, -0.2) is 0 Å². The molecule has 14 heavy (non-hydrogen) atoms. The van der Waals surface area contributed by atoms with Crippen LogP contribution in [0.2, 0.25) is 0 Å². The quantitative estimate of drug-likeness (QED) is 0.771. The zero-order chi connectivity index (χ0) is 10.6. The van der Waals surface area contributed by atoms with Crippen molar-refractivity contribution in [1.82, 2.24) is 5.32 Å². The van der Waals surface area contributed by atoms with E-state index in [1.807, 2.05) is 6.92 Å². The number of benzene rings is 1. The van der Waals surface area contributed by atoms with Crippen LogP contribution in [0.15, 0.2) is 22.7 Å². The number of hydrogen-bond acceptors (Lipinski definition) is 3. The Morgan fingerprint density at radius 1 is 1.50 bits per heavy atom. The molecule has 0 aliphatic heterocycles. The van der Waals surface area contributed by atoms with Gasteiger partial charge in [0.2, 0.25) is 0 Å². The molecule has 0 amide bonds. The number of nitrogens with one attached hydrogen (secondary N) is 1. The highest BCUT2D eigenvalue weighted by Crippen LogP contribution is 2.21.